The van der Waals surface area contributed by atoms with E-state index in [2.05, 4.69) is 10.3 Å². The third-order valence-electron chi connectivity index (χ3n) is 6.05. The van der Waals surface area contributed by atoms with Crippen LogP contribution in [-0.2, 0) is 4.79 Å². The predicted molar refractivity (Wildman–Crippen MR) is 108 cm³/mol. The van der Waals surface area contributed by atoms with Crippen LogP contribution in [0.4, 0.5) is 5.69 Å². The van der Waals surface area contributed by atoms with E-state index >= 15 is 0 Å². The van der Waals surface area contributed by atoms with Gasteiger partial charge in [-0.15, -0.1) is 0 Å². The minimum Gasteiger partial charge on any atom is -0.397 e. The molecule has 1 aliphatic heterocycles. The van der Waals surface area contributed by atoms with E-state index in [0.717, 1.165) is 37.1 Å². The Labute approximate surface area is 165 Å². The quantitative estimate of drug-likeness (QED) is 0.856. The molecule has 0 unspecified atom stereocenters. The summed E-state index contributed by atoms with van der Waals surface area (Å²) in [6.45, 7) is 3.28. The zero-order valence-corrected chi connectivity index (χ0v) is 16.1. The number of benzene rings is 1. The van der Waals surface area contributed by atoms with Crippen LogP contribution >= 0.6 is 0 Å². The fourth-order valence-electron chi connectivity index (χ4n) is 3.94. The van der Waals surface area contributed by atoms with Crippen molar-refractivity contribution in [2.24, 2.45) is 5.41 Å². The number of hydrogen-bond donors (Lipinski definition) is 2. The molecule has 0 bridgehead atoms. The lowest BCUT2D eigenvalue weighted by Gasteiger charge is -2.33. The average molecular weight is 378 g/mol. The van der Waals surface area contributed by atoms with Gasteiger partial charge in [-0.1, -0.05) is 30.3 Å². The number of pyridine rings is 1. The lowest BCUT2D eigenvalue weighted by atomic mass is 9.93. The molecule has 2 aromatic rings. The van der Waals surface area contributed by atoms with Crippen molar-refractivity contribution in [1.29, 1.82) is 0 Å². The summed E-state index contributed by atoms with van der Waals surface area (Å²) in [6.07, 6.45) is 6.38. The first-order chi connectivity index (χ1) is 13.5. The largest absolute Gasteiger partial charge is 0.397 e. The number of nitrogen functional groups attached to an aromatic ring is 1. The molecule has 2 aliphatic rings. The van der Waals surface area contributed by atoms with E-state index in [9.17, 15) is 9.59 Å². The number of likely N-dealkylation sites (tertiary alicyclic amines) is 1. The summed E-state index contributed by atoms with van der Waals surface area (Å²) in [4.78, 5) is 31.4. The van der Waals surface area contributed by atoms with Crippen LogP contribution < -0.4 is 11.1 Å². The van der Waals surface area contributed by atoms with Gasteiger partial charge in [-0.25, -0.2) is 4.98 Å². The minimum atomic E-state index is -0.601. The van der Waals surface area contributed by atoms with Crippen LogP contribution in [0.1, 0.15) is 43.1 Å². The zero-order valence-electron chi connectivity index (χ0n) is 16.1. The highest BCUT2D eigenvalue weighted by atomic mass is 16.2. The fraction of sp³-hybridized carbons (Fsp3) is 0.409. The lowest BCUT2D eigenvalue weighted by Crippen LogP contribution is -2.49. The van der Waals surface area contributed by atoms with Gasteiger partial charge in [-0.05, 0) is 49.7 Å². The monoisotopic (exact) mass is 378 g/mol. The summed E-state index contributed by atoms with van der Waals surface area (Å²) < 4.78 is 0. The van der Waals surface area contributed by atoms with Gasteiger partial charge in [0.15, 0.2) is 5.69 Å². The molecule has 0 radical (unpaired) electrons. The molecule has 2 heterocycles. The van der Waals surface area contributed by atoms with Gasteiger partial charge in [0.05, 0.1) is 5.69 Å². The molecule has 4 rings (SSSR count). The number of amides is 2. The smallest absolute Gasteiger partial charge is 0.272 e. The first-order valence-electron chi connectivity index (χ1n) is 9.88. The molecular weight excluding hydrogens is 352 g/mol. The van der Waals surface area contributed by atoms with Gasteiger partial charge in [-0.3, -0.25) is 9.59 Å². The van der Waals surface area contributed by atoms with Gasteiger partial charge >= 0.3 is 0 Å². The van der Waals surface area contributed by atoms with Crippen LogP contribution in [0, 0.1) is 5.41 Å². The third kappa shape index (κ3) is 3.72. The third-order valence-corrected chi connectivity index (χ3v) is 6.05. The molecule has 2 amide bonds. The molecule has 3 N–H and O–H groups in total. The number of anilines is 1. The standard InChI is InChI=1S/C22H26N4O2/c1-15(21(28)26-11-9-22(7-8-22)10-12-26)25-20(27)19-18(23)13-17(14-24-19)16-5-3-2-4-6-16/h2-6,13-15H,7-12,23H2,1H3,(H,25,27)/t15-/m1/s1. The van der Waals surface area contributed by atoms with Gasteiger partial charge in [0.2, 0.25) is 5.91 Å². The van der Waals surface area contributed by atoms with Gasteiger partial charge in [0.1, 0.15) is 6.04 Å². The zero-order chi connectivity index (χ0) is 19.7. The average Bonchev–Trinajstić information content (AvgIpc) is 3.47. The number of carbonyl (C=O) groups is 2. The van der Waals surface area contributed by atoms with Crippen LogP contribution in [0.25, 0.3) is 11.1 Å². The second-order valence-electron chi connectivity index (χ2n) is 8.05. The van der Waals surface area contributed by atoms with Crippen molar-refractivity contribution in [3.05, 3.63) is 48.3 Å². The molecule has 1 atom stereocenters. The van der Waals surface area contributed by atoms with E-state index in [1.165, 1.54) is 12.8 Å². The van der Waals surface area contributed by atoms with E-state index < -0.39 is 11.9 Å². The Hall–Kier alpha value is -2.89. The van der Waals surface area contributed by atoms with Crippen LogP contribution in [0.2, 0.25) is 0 Å². The van der Waals surface area contributed by atoms with Crippen molar-refractivity contribution in [1.82, 2.24) is 15.2 Å². The topological polar surface area (TPSA) is 88.3 Å². The molecule has 2 fully saturated rings. The molecule has 1 spiro atoms. The molecule has 146 valence electrons. The summed E-state index contributed by atoms with van der Waals surface area (Å²) in [5.41, 5.74) is 8.87. The molecule has 1 aromatic heterocycles. The summed E-state index contributed by atoms with van der Waals surface area (Å²) in [5.74, 6) is -0.461. The Morgan fingerprint density at radius 1 is 1.11 bits per heavy atom. The van der Waals surface area contributed by atoms with E-state index in [4.69, 9.17) is 5.73 Å². The van der Waals surface area contributed by atoms with Crippen LogP contribution in [0.3, 0.4) is 0 Å². The van der Waals surface area contributed by atoms with Crippen molar-refractivity contribution in [3.63, 3.8) is 0 Å². The lowest BCUT2D eigenvalue weighted by molar-refractivity contribution is -0.134. The number of nitrogens with zero attached hydrogens (tertiary/aromatic N) is 2. The number of aromatic nitrogens is 1. The van der Waals surface area contributed by atoms with Crippen molar-refractivity contribution >= 4 is 17.5 Å². The highest BCUT2D eigenvalue weighted by molar-refractivity contribution is 6.00. The normalized spacial score (nSPS) is 18.5. The SMILES string of the molecule is C[C@@H](NC(=O)c1ncc(-c2ccccc2)cc1N)C(=O)N1CCC2(CC1)CC2. The highest BCUT2D eigenvalue weighted by Gasteiger charge is 2.45. The van der Waals surface area contributed by atoms with Crippen LogP contribution in [0.15, 0.2) is 42.6 Å². The van der Waals surface area contributed by atoms with Gasteiger partial charge in [0, 0.05) is 24.8 Å². The number of piperidine rings is 1. The Bertz CT molecular complexity index is 883. The first-order valence-corrected chi connectivity index (χ1v) is 9.88. The number of rotatable bonds is 4. The van der Waals surface area contributed by atoms with Crippen molar-refractivity contribution in [3.8, 4) is 11.1 Å². The van der Waals surface area contributed by atoms with Crippen molar-refractivity contribution in [2.75, 3.05) is 18.8 Å². The van der Waals surface area contributed by atoms with Crippen molar-refractivity contribution < 1.29 is 9.59 Å². The number of hydrogen-bond acceptors (Lipinski definition) is 4. The second-order valence-corrected chi connectivity index (χ2v) is 8.05. The second kappa shape index (κ2) is 7.26. The van der Waals surface area contributed by atoms with E-state index in [0.29, 0.717) is 11.1 Å². The molecule has 6 nitrogen and oxygen atoms in total. The number of nitrogens with one attached hydrogen (secondary N) is 1. The predicted octanol–water partition coefficient (Wildman–Crippen LogP) is 2.85. The molecule has 1 saturated heterocycles. The summed E-state index contributed by atoms with van der Waals surface area (Å²) in [7, 11) is 0. The molecule has 6 heteroatoms. The Kier molecular flexibility index (Phi) is 4.79. The Morgan fingerprint density at radius 2 is 1.79 bits per heavy atom. The fourth-order valence-corrected chi connectivity index (χ4v) is 3.94. The Morgan fingerprint density at radius 3 is 2.39 bits per heavy atom. The van der Waals surface area contributed by atoms with E-state index in [-0.39, 0.29) is 11.6 Å². The summed E-state index contributed by atoms with van der Waals surface area (Å²) >= 11 is 0. The molecule has 1 aromatic carbocycles. The van der Waals surface area contributed by atoms with Gasteiger partial charge < -0.3 is 16.0 Å². The molecule has 28 heavy (non-hydrogen) atoms. The Balaban J connectivity index is 1.39. The minimum absolute atomic E-state index is 0.0386. The summed E-state index contributed by atoms with van der Waals surface area (Å²) in [5, 5.41) is 2.76. The maximum absolute atomic E-state index is 12.7. The van der Waals surface area contributed by atoms with Crippen LogP contribution in [0.5, 0.6) is 0 Å². The molecule has 1 aliphatic carbocycles. The summed E-state index contributed by atoms with van der Waals surface area (Å²) in [6, 6.07) is 10.9. The number of carbonyl (C=O) groups excluding carboxylic acids is 2. The van der Waals surface area contributed by atoms with E-state index in [1.54, 1.807) is 19.2 Å². The van der Waals surface area contributed by atoms with E-state index in [1.807, 2.05) is 35.2 Å². The molecular formula is C22H26N4O2. The maximum Gasteiger partial charge on any atom is 0.272 e. The van der Waals surface area contributed by atoms with Gasteiger partial charge in [-0.2, -0.15) is 0 Å². The first kappa shape index (κ1) is 18.5. The van der Waals surface area contributed by atoms with Crippen molar-refractivity contribution in [2.45, 2.75) is 38.6 Å². The maximum atomic E-state index is 12.7. The van der Waals surface area contributed by atoms with Crippen LogP contribution in [-0.4, -0.2) is 40.8 Å². The molecule has 1 saturated carbocycles. The van der Waals surface area contributed by atoms with Gasteiger partial charge in [0.25, 0.3) is 5.91 Å². The number of nitrogens with two attached hydrogens (primary N) is 1. The highest BCUT2D eigenvalue weighted by Crippen LogP contribution is 2.53.